The number of carbonyl (C=O) groups is 5. The molecule has 0 aliphatic heterocycles. The lowest BCUT2D eigenvalue weighted by molar-refractivity contribution is -0.149. The molecule has 3 amide bonds. The van der Waals surface area contributed by atoms with Gasteiger partial charge in [0, 0.05) is 18.6 Å². The lowest BCUT2D eigenvalue weighted by Crippen LogP contribution is -2.55. The van der Waals surface area contributed by atoms with Crippen LogP contribution in [0.15, 0.2) is 72.8 Å². The van der Waals surface area contributed by atoms with Crippen molar-refractivity contribution in [2.75, 3.05) is 6.61 Å². The van der Waals surface area contributed by atoms with Crippen molar-refractivity contribution >= 4 is 29.7 Å². The van der Waals surface area contributed by atoms with Crippen LogP contribution in [0.2, 0.25) is 0 Å². The van der Waals surface area contributed by atoms with Crippen molar-refractivity contribution in [2.45, 2.75) is 65.3 Å². The molecule has 0 fully saturated rings. The van der Waals surface area contributed by atoms with Gasteiger partial charge in [-0.15, -0.1) is 0 Å². The van der Waals surface area contributed by atoms with E-state index in [0.717, 1.165) is 23.3 Å². The topological polar surface area (TPSA) is 140 Å². The Bertz CT molecular complexity index is 1180. The van der Waals surface area contributed by atoms with Crippen LogP contribution >= 0.6 is 0 Å². The molecule has 3 N–H and O–H groups in total. The maximum atomic E-state index is 13.2. The van der Waals surface area contributed by atoms with Gasteiger partial charge in [0.2, 0.25) is 17.7 Å². The highest BCUT2D eigenvalue weighted by Crippen LogP contribution is 2.10. The number of ether oxygens (including phenoxy) is 2. The van der Waals surface area contributed by atoms with Crippen LogP contribution in [0.1, 0.15) is 45.2 Å². The molecule has 2 aromatic rings. The normalized spacial score (nSPS) is 13.1. The monoisotopic (exact) mass is 565 g/mol. The molecule has 0 radical (unpaired) electrons. The van der Waals surface area contributed by atoms with Gasteiger partial charge < -0.3 is 25.4 Å². The van der Waals surface area contributed by atoms with E-state index in [-0.39, 0.29) is 25.6 Å². The third-order valence-corrected chi connectivity index (χ3v) is 5.86. The van der Waals surface area contributed by atoms with E-state index >= 15 is 0 Å². The highest BCUT2D eigenvalue weighted by molar-refractivity contribution is 5.98. The van der Waals surface area contributed by atoms with Gasteiger partial charge in [-0.1, -0.05) is 74.5 Å². The molecule has 2 rings (SSSR count). The molecule has 0 unspecified atom stereocenters. The smallest absolute Gasteiger partial charge is 0.330 e. The minimum atomic E-state index is -1.05. The molecule has 0 aliphatic rings. The van der Waals surface area contributed by atoms with Crippen molar-refractivity contribution < 1.29 is 33.4 Å². The molecule has 41 heavy (non-hydrogen) atoms. The molecule has 0 spiro atoms. The summed E-state index contributed by atoms with van der Waals surface area (Å²) in [4.78, 5) is 63.0. The number of nitrogens with one attached hydrogen (secondary N) is 3. The highest BCUT2D eigenvalue weighted by Gasteiger charge is 2.28. The van der Waals surface area contributed by atoms with Crippen LogP contribution in [0.25, 0.3) is 0 Å². The highest BCUT2D eigenvalue weighted by atomic mass is 16.5. The van der Waals surface area contributed by atoms with E-state index in [9.17, 15) is 24.0 Å². The first kappa shape index (κ1) is 32.7. The van der Waals surface area contributed by atoms with E-state index in [1.807, 2.05) is 50.2 Å². The van der Waals surface area contributed by atoms with Gasteiger partial charge in [0.25, 0.3) is 0 Å². The standard InChI is InChI=1S/C31H39N3O7/c1-5-40-28(36)17-16-27(35)33-25(19-23-12-8-6-9-13-23)30(38)32-22(4)29(37)34-26(18-21(2)3)31(39)41-20-24-14-10-7-11-15-24/h6-17,21-22,25-26H,5,18-20H2,1-4H3,(H,32,38)(H,33,35)(H,34,37)/b17-16-/t22-,25-,26-/m0/s1. The first-order valence-electron chi connectivity index (χ1n) is 13.6. The zero-order chi connectivity index (χ0) is 30.2. The summed E-state index contributed by atoms with van der Waals surface area (Å²) < 4.78 is 10.2. The summed E-state index contributed by atoms with van der Waals surface area (Å²) in [6.07, 6.45) is 2.44. The summed E-state index contributed by atoms with van der Waals surface area (Å²) in [5.74, 6) is -3.03. The fourth-order valence-electron chi connectivity index (χ4n) is 3.80. The van der Waals surface area contributed by atoms with Gasteiger partial charge in [-0.2, -0.15) is 0 Å². The Kier molecular flexibility index (Phi) is 13.8. The Hall–Kier alpha value is -4.47. The van der Waals surface area contributed by atoms with Crippen LogP contribution < -0.4 is 16.0 Å². The second kappa shape index (κ2) is 17.3. The van der Waals surface area contributed by atoms with Gasteiger partial charge in [0.15, 0.2) is 0 Å². The second-order valence-corrected chi connectivity index (χ2v) is 9.85. The summed E-state index contributed by atoms with van der Waals surface area (Å²) in [7, 11) is 0. The van der Waals surface area contributed by atoms with Crippen molar-refractivity contribution in [1.29, 1.82) is 0 Å². The third kappa shape index (κ3) is 12.5. The summed E-state index contributed by atoms with van der Waals surface area (Å²) in [6.45, 7) is 7.19. The average molecular weight is 566 g/mol. The molecular weight excluding hydrogens is 526 g/mol. The fraction of sp³-hybridized carbons (Fsp3) is 0.387. The van der Waals surface area contributed by atoms with Crippen LogP contribution in [0.5, 0.6) is 0 Å². The zero-order valence-electron chi connectivity index (χ0n) is 23.9. The van der Waals surface area contributed by atoms with E-state index in [2.05, 4.69) is 16.0 Å². The van der Waals surface area contributed by atoms with E-state index in [4.69, 9.17) is 9.47 Å². The summed E-state index contributed by atoms with van der Waals surface area (Å²) in [5.41, 5.74) is 1.59. The van der Waals surface area contributed by atoms with Gasteiger partial charge in [-0.3, -0.25) is 14.4 Å². The summed E-state index contributed by atoms with van der Waals surface area (Å²) in [6, 6.07) is 15.2. The van der Waals surface area contributed by atoms with Gasteiger partial charge in [-0.05, 0) is 37.3 Å². The number of benzene rings is 2. The second-order valence-electron chi connectivity index (χ2n) is 9.85. The minimum absolute atomic E-state index is 0.0713. The number of esters is 2. The predicted molar refractivity (Wildman–Crippen MR) is 153 cm³/mol. The van der Waals surface area contributed by atoms with Crippen molar-refractivity contribution in [3.05, 3.63) is 83.9 Å². The van der Waals surface area contributed by atoms with E-state index < -0.39 is 47.8 Å². The summed E-state index contributed by atoms with van der Waals surface area (Å²) in [5, 5.41) is 7.87. The largest absolute Gasteiger partial charge is 0.463 e. The van der Waals surface area contributed by atoms with E-state index in [1.165, 1.54) is 6.92 Å². The van der Waals surface area contributed by atoms with Crippen LogP contribution in [0.3, 0.4) is 0 Å². The number of rotatable bonds is 15. The average Bonchev–Trinajstić information content (AvgIpc) is 2.95. The molecule has 0 heterocycles. The van der Waals surface area contributed by atoms with Crippen molar-refractivity contribution in [1.82, 2.24) is 16.0 Å². The molecule has 2 aromatic carbocycles. The molecule has 10 heteroatoms. The lowest BCUT2D eigenvalue weighted by atomic mass is 10.0. The molecule has 220 valence electrons. The minimum Gasteiger partial charge on any atom is -0.463 e. The first-order valence-corrected chi connectivity index (χ1v) is 13.6. The van der Waals surface area contributed by atoms with Crippen molar-refractivity contribution in [3.63, 3.8) is 0 Å². The third-order valence-electron chi connectivity index (χ3n) is 5.86. The Morgan fingerprint density at radius 1 is 0.732 bits per heavy atom. The molecule has 0 saturated heterocycles. The van der Waals surface area contributed by atoms with E-state index in [0.29, 0.717) is 6.42 Å². The molecular formula is C31H39N3O7. The van der Waals surface area contributed by atoms with Gasteiger partial charge in [0.05, 0.1) is 6.61 Å². The lowest BCUT2D eigenvalue weighted by Gasteiger charge is -2.24. The Labute approximate surface area is 240 Å². The molecule has 0 saturated carbocycles. The van der Waals surface area contributed by atoms with Crippen LogP contribution in [-0.4, -0.2) is 54.4 Å². The molecule has 0 aliphatic carbocycles. The number of hydrogen-bond donors (Lipinski definition) is 3. The van der Waals surface area contributed by atoms with E-state index in [1.54, 1.807) is 31.2 Å². The number of amides is 3. The van der Waals surface area contributed by atoms with Crippen LogP contribution in [0, 0.1) is 5.92 Å². The Morgan fingerprint density at radius 2 is 1.34 bits per heavy atom. The van der Waals surface area contributed by atoms with Gasteiger partial charge >= 0.3 is 11.9 Å². The van der Waals surface area contributed by atoms with Crippen molar-refractivity contribution in [2.24, 2.45) is 5.92 Å². The van der Waals surface area contributed by atoms with Gasteiger partial charge in [-0.25, -0.2) is 9.59 Å². The van der Waals surface area contributed by atoms with Crippen LogP contribution in [0.4, 0.5) is 0 Å². The fourth-order valence-corrected chi connectivity index (χ4v) is 3.80. The number of hydrogen-bond acceptors (Lipinski definition) is 7. The molecule has 10 nitrogen and oxygen atoms in total. The Balaban J connectivity index is 2.06. The molecule has 0 bridgehead atoms. The first-order chi connectivity index (χ1) is 19.6. The molecule has 3 atom stereocenters. The maximum Gasteiger partial charge on any atom is 0.330 e. The SMILES string of the molecule is CCOC(=O)/C=C\C(=O)N[C@@H](Cc1ccccc1)C(=O)N[C@@H](C)C(=O)N[C@@H](CC(C)C)C(=O)OCc1ccccc1. The zero-order valence-corrected chi connectivity index (χ0v) is 23.9. The van der Waals surface area contributed by atoms with Crippen molar-refractivity contribution in [3.8, 4) is 0 Å². The van der Waals surface area contributed by atoms with Gasteiger partial charge in [0.1, 0.15) is 24.7 Å². The summed E-state index contributed by atoms with van der Waals surface area (Å²) >= 11 is 0. The quantitative estimate of drug-likeness (QED) is 0.223. The molecule has 0 aromatic heterocycles. The maximum absolute atomic E-state index is 13.2. The number of carbonyl (C=O) groups excluding carboxylic acids is 5. The predicted octanol–water partition coefficient (Wildman–Crippen LogP) is 2.61. The van der Waals surface area contributed by atoms with Crippen LogP contribution in [-0.2, 0) is 46.5 Å². The Morgan fingerprint density at radius 3 is 1.93 bits per heavy atom.